The summed E-state index contributed by atoms with van der Waals surface area (Å²) in [6.07, 6.45) is 7.80. The number of rotatable bonds is 7. The monoisotopic (exact) mass is 299 g/mol. The smallest absolute Gasteiger partial charge is 0.303 e. The van der Waals surface area contributed by atoms with Gasteiger partial charge in [0.15, 0.2) is 0 Å². The van der Waals surface area contributed by atoms with E-state index in [9.17, 15) is 9.18 Å². The number of carbonyl (C=O) groups is 1. The summed E-state index contributed by atoms with van der Waals surface area (Å²) < 4.78 is 13.5. The molecule has 0 saturated heterocycles. The number of carboxylic acid groups (broad SMARTS) is 1. The Morgan fingerprint density at radius 3 is 2.68 bits per heavy atom. The minimum Gasteiger partial charge on any atom is -0.481 e. The first-order chi connectivity index (χ1) is 10.7. The quantitative estimate of drug-likeness (QED) is 0.776. The maximum atomic E-state index is 13.5. The standard InChI is InChI=1S/C18H18FNO2/c19-16-8-4-6-14(12-16)17(15-7-5-11-20-13-15)9-2-1-3-10-18(21)22/h4-9,11-13H,1-3,10H2,(H,21,22)/b17-9-. The zero-order valence-corrected chi connectivity index (χ0v) is 12.2. The summed E-state index contributed by atoms with van der Waals surface area (Å²) >= 11 is 0. The molecule has 0 saturated carbocycles. The van der Waals surface area contributed by atoms with Crippen LogP contribution in [0.15, 0.2) is 54.9 Å². The van der Waals surface area contributed by atoms with Crippen molar-refractivity contribution < 1.29 is 14.3 Å². The molecular formula is C18H18FNO2. The highest BCUT2D eigenvalue weighted by molar-refractivity contribution is 5.79. The minimum absolute atomic E-state index is 0.177. The van der Waals surface area contributed by atoms with E-state index in [0.717, 1.165) is 29.5 Å². The van der Waals surface area contributed by atoms with Crippen LogP contribution in [0.1, 0.15) is 36.8 Å². The molecule has 22 heavy (non-hydrogen) atoms. The molecule has 1 aromatic heterocycles. The van der Waals surface area contributed by atoms with E-state index >= 15 is 0 Å². The highest BCUT2D eigenvalue weighted by Crippen LogP contribution is 2.24. The van der Waals surface area contributed by atoms with Crippen LogP contribution in [0.25, 0.3) is 5.57 Å². The van der Waals surface area contributed by atoms with E-state index in [1.165, 1.54) is 12.1 Å². The number of unbranched alkanes of at least 4 members (excludes halogenated alkanes) is 2. The summed E-state index contributed by atoms with van der Waals surface area (Å²) in [4.78, 5) is 14.6. The third kappa shape index (κ3) is 4.81. The number of hydrogen-bond acceptors (Lipinski definition) is 2. The number of aliphatic carboxylic acids is 1. The van der Waals surface area contributed by atoms with Crippen LogP contribution in [0.2, 0.25) is 0 Å². The molecule has 0 aliphatic carbocycles. The van der Waals surface area contributed by atoms with E-state index in [0.29, 0.717) is 6.42 Å². The van der Waals surface area contributed by atoms with Gasteiger partial charge in [-0.25, -0.2) is 4.39 Å². The molecular weight excluding hydrogens is 281 g/mol. The second-order valence-corrected chi connectivity index (χ2v) is 5.01. The lowest BCUT2D eigenvalue weighted by Gasteiger charge is -2.08. The van der Waals surface area contributed by atoms with E-state index < -0.39 is 5.97 Å². The Labute approximate surface area is 129 Å². The van der Waals surface area contributed by atoms with E-state index in [1.807, 2.05) is 24.3 Å². The van der Waals surface area contributed by atoms with Gasteiger partial charge in [-0.15, -0.1) is 0 Å². The van der Waals surface area contributed by atoms with E-state index in [4.69, 9.17) is 5.11 Å². The molecule has 3 nitrogen and oxygen atoms in total. The first kappa shape index (κ1) is 15.9. The van der Waals surface area contributed by atoms with Gasteiger partial charge in [0.05, 0.1) is 0 Å². The molecule has 0 atom stereocenters. The largest absolute Gasteiger partial charge is 0.481 e. The van der Waals surface area contributed by atoms with Crippen LogP contribution in [0.4, 0.5) is 4.39 Å². The van der Waals surface area contributed by atoms with Crippen molar-refractivity contribution in [1.82, 2.24) is 4.98 Å². The molecule has 0 aliphatic heterocycles. The lowest BCUT2D eigenvalue weighted by atomic mass is 9.97. The third-order valence-electron chi connectivity index (χ3n) is 3.30. The molecule has 0 aliphatic rings. The Hall–Kier alpha value is -2.49. The van der Waals surface area contributed by atoms with Crippen molar-refractivity contribution in [3.05, 3.63) is 71.8 Å². The molecule has 0 bridgehead atoms. The first-order valence-electron chi connectivity index (χ1n) is 7.25. The number of carboxylic acids is 1. The number of allylic oxidation sites excluding steroid dienone is 1. The Morgan fingerprint density at radius 2 is 2.00 bits per heavy atom. The van der Waals surface area contributed by atoms with Crippen LogP contribution in [-0.2, 0) is 4.79 Å². The topological polar surface area (TPSA) is 50.2 Å². The third-order valence-corrected chi connectivity index (χ3v) is 3.30. The Balaban J connectivity index is 2.17. The second-order valence-electron chi connectivity index (χ2n) is 5.01. The molecule has 0 unspecified atom stereocenters. The molecule has 0 spiro atoms. The maximum Gasteiger partial charge on any atom is 0.303 e. The lowest BCUT2D eigenvalue weighted by molar-refractivity contribution is -0.137. The van der Waals surface area contributed by atoms with Gasteiger partial charge in [0.25, 0.3) is 0 Å². The van der Waals surface area contributed by atoms with Crippen LogP contribution in [0.5, 0.6) is 0 Å². The van der Waals surface area contributed by atoms with Gasteiger partial charge in [-0.1, -0.05) is 24.3 Å². The van der Waals surface area contributed by atoms with Crippen LogP contribution in [0, 0.1) is 5.82 Å². The lowest BCUT2D eigenvalue weighted by Crippen LogP contribution is -1.94. The molecule has 0 radical (unpaired) electrons. The van der Waals surface area contributed by atoms with Gasteiger partial charge < -0.3 is 5.11 Å². The molecule has 0 amide bonds. The average molecular weight is 299 g/mol. The molecule has 1 heterocycles. The SMILES string of the molecule is O=C(O)CCCC/C=C(\c1cccnc1)c1cccc(F)c1. The number of nitrogens with zero attached hydrogens (tertiary/aromatic N) is 1. The summed E-state index contributed by atoms with van der Waals surface area (Å²) in [5, 5.41) is 8.64. The molecule has 0 fully saturated rings. The van der Waals surface area contributed by atoms with Crippen LogP contribution >= 0.6 is 0 Å². The van der Waals surface area contributed by atoms with Crippen molar-refractivity contribution in [3.8, 4) is 0 Å². The number of benzene rings is 1. The van der Waals surface area contributed by atoms with E-state index in [2.05, 4.69) is 4.98 Å². The molecule has 1 aromatic carbocycles. The van der Waals surface area contributed by atoms with Gasteiger partial charge in [-0.05, 0) is 48.6 Å². The van der Waals surface area contributed by atoms with Crippen molar-refractivity contribution in [2.75, 3.05) is 0 Å². The van der Waals surface area contributed by atoms with Crippen molar-refractivity contribution in [2.45, 2.75) is 25.7 Å². The summed E-state index contributed by atoms with van der Waals surface area (Å²) in [5.41, 5.74) is 2.64. The van der Waals surface area contributed by atoms with Gasteiger partial charge >= 0.3 is 5.97 Å². The number of aromatic nitrogens is 1. The van der Waals surface area contributed by atoms with Crippen molar-refractivity contribution in [2.24, 2.45) is 0 Å². The average Bonchev–Trinajstić information content (AvgIpc) is 2.51. The van der Waals surface area contributed by atoms with Crippen LogP contribution in [-0.4, -0.2) is 16.1 Å². The van der Waals surface area contributed by atoms with Gasteiger partial charge in [0.2, 0.25) is 0 Å². The molecule has 114 valence electrons. The fourth-order valence-corrected chi connectivity index (χ4v) is 2.25. The molecule has 1 N–H and O–H groups in total. The van der Waals surface area contributed by atoms with Gasteiger partial charge in [0.1, 0.15) is 5.82 Å². The molecule has 2 aromatic rings. The first-order valence-corrected chi connectivity index (χ1v) is 7.25. The zero-order valence-electron chi connectivity index (χ0n) is 12.2. The Bertz CT molecular complexity index is 653. The summed E-state index contributed by atoms with van der Waals surface area (Å²) in [6, 6.07) is 10.2. The van der Waals surface area contributed by atoms with Crippen molar-refractivity contribution in [3.63, 3.8) is 0 Å². The maximum absolute atomic E-state index is 13.5. The van der Waals surface area contributed by atoms with Crippen LogP contribution < -0.4 is 0 Å². The van der Waals surface area contributed by atoms with E-state index in [-0.39, 0.29) is 12.2 Å². The number of hydrogen-bond donors (Lipinski definition) is 1. The Morgan fingerprint density at radius 1 is 1.18 bits per heavy atom. The zero-order chi connectivity index (χ0) is 15.8. The predicted octanol–water partition coefficient (Wildman–Crippen LogP) is 4.30. The highest BCUT2D eigenvalue weighted by atomic mass is 19.1. The summed E-state index contributed by atoms with van der Waals surface area (Å²) in [5.74, 6) is -1.06. The number of pyridine rings is 1. The molecule has 2 rings (SSSR count). The minimum atomic E-state index is -0.776. The highest BCUT2D eigenvalue weighted by Gasteiger charge is 2.06. The van der Waals surface area contributed by atoms with Gasteiger partial charge in [-0.3, -0.25) is 9.78 Å². The van der Waals surface area contributed by atoms with Gasteiger partial charge in [0, 0.05) is 24.4 Å². The number of halogens is 1. The Kier molecular flexibility index (Phi) is 5.83. The van der Waals surface area contributed by atoms with E-state index in [1.54, 1.807) is 18.5 Å². The predicted molar refractivity (Wildman–Crippen MR) is 83.8 cm³/mol. The van der Waals surface area contributed by atoms with Crippen molar-refractivity contribution >= 4 is 11.5 Å². The van der Waals surface area contributed by atoms with Crippen LogP contribution in [0.3, 0.4) is 0 Å². The fourth-order valence-electron chi connectivity index (χ4n) is 2.25. The second kappa shape index (κ2) is 8.08. The summed E-state index contributed by atoms with van der Waals surface area (Å²) in [7, 11) is 0. The fraction of sp³-hybridized carbons (Fsp3) is 0.222. The molecule has 4 heteroatoms. The summed E-state index contributed by atoms with van der Waals surface area (Å²) in [6.45, 7) is 0. The van der Waals surface area contributed by atoms with Crippen molar-refractivity contribution in [1.29, 1.82) is 0 Å². The van der Waals surface area contributed by atoms with Gasteiger partial charge in [-0.2, -0.15) is 0 Å². The normalized spacial score (nSPS) is 11.4.